The molecule has 1 fully saturated rings. The van der Waals surface area contributed by atoms with Crippen molar-refractivity contribution in [2.75, 3.05) is 40.3 Å². The fraction of sp³-hybridized carbons (Fsp3) is 0.867. The number of rotatable bonds is 7. The van der Waals surface area contributed by atoms with Gasteiger partial charge in [-0.3, -0.25) is 0 Å². The summed E-state index contributed by atoms with van der Waals surface area (Å²) >= 11 is 0. The SMILES string of the molecule is CCCNC(C)Cc1nc(CC2CN(C)CCN2C)no1. The fourth-order valence-corrected chi connectivity index (χ4v) is 2.71. The van der Waals surface area contributed by atoms with E-state index in [9.17, 15) is 0 Å². The van der Waals surface area contributed by atoms with Gasteiger partial charge in [0.1, 0.15) is 0 Å². The van der Waals surface area contributed by atoms with Gasteiger partial charge >= 0.3 is 0 Å². The highest BCUT2D eigenvalue weighted by Crippen LogP contribution is 2.11. The van der Waals surface area contributed by atoms with E-state index in [1.54, 1.807) is 0 Å². The molecule has 2 unspecified atom stereocenters. The van der Waals surface area contributed by atoms with Crippen LogP contribution < -0.4 is 5.32 Å². The van der Waals surface area contributed by atoms with Crippen LogP contribution in [0, 0.1) is 0 Å². The number of aromatic nitrogens is 2. The molecular weight excluding hydrogens is 266 g/mol. The van der Waals surface area contributed by atoms with Crippen LogP contribution in [0.5, 0.6) is 0 Å². The van der Waals surface area contributed by atoms with Crippen LogP contribution in [0.3, 0.4) is 0 Å². The van der Waals surface area contributed by atoms with Gasteiger partial charge in [0, 0.05) is 44.6 Å². The Morgan fingerprint density at radius 2 is 2.19 bits per heavy atom. The molecule has 1 aliphatic heterocycles. The molecule has 1 aliphatic rings. The minimum absolute atomic E-state index is 0.377. The summed E-state index contributed by atoms with van der Waals surface area (Å²) in [5.41, 5.74) is 0. The van der Waals surface area contributed by atoms with Crippen LogP contribution in [0.2, 0.25) is 0 Å². The number of likely N-dealkylation sites (N-methyl/N-ethyl adjacent to an activating group) is 2. The molecule has 0 amide bonds. The summed E-state index contributed by atoms with van der Waals surface area (Å²) in [6.45, 7) is 8.65. The van der Waals surface area contributed by atoms with Crippen LogP contribution in [-0.2, 0) is 12.8 Å². The van der Waals surface area contributed by atoms with Crippen LogP contribution >= 0.6 is 0 Å². The van der Waals surface area contributed by atoms with E-state index in [2.05, 4.69) is 53.2 Å². The summed E-state index contributed by atoms with van der Waals surface area (Å²) in [4.78, 5) is 9.30. The van der Waals surface area contributed by atoms with Gasteiger partial charge in [-0.1, -0.05) is 12.1 Å². The topological polar surface area (TPSA) is 57.4 Å². The average Bonchev–Trinajstić information content (AvgIpc) is 2.88. The summed E-state index contributed by atoms with van der Waals surface area (Å²) in [5.74, 6) is 1.58. The lowest BCUT2D eigenvalue weighted by Gasteiger charge is -2.37. The molecule has 1 aromatic rings. The van der Waals surface area contributed by atoms with Gasteiger partial charge in [-0.2, -0.15) is 4.98 Å². The van der Waals surface area contributed by atoms with Crippen molar-refractivity contribution < 1.29 is 4.52 Å². The maximum absolute atomic E-state index is 5.39. The summed E-state index contributed by atoms with van der Waals surface area (Å²) in [7, 11) is 4.35. The van der Waals surface area contributed by atoms with E-state index >= 15 is 0 Å². The van der Waals surface area contributed by atoms with E-state index in [0.29, 0.717) is 12.1 Å². The molecule has 6 heteroatoms. The zero-order valence-corrected chi connectivity index (χ0v) is 13.8. The van der Waals surface area contributed by atoms with Gasteiger partial charge in [0.2, 0.25) is 5.89 Å². The molecule has 2 rings (SSSR count). The lowest BCUT2D eigenvalue weighted by atomic mass is 10.1. The highest BCUT2D eigenvalue weighted by molar-refractivity contribution is 4.94. The average molecular weight is 295 g/mol. The Balaban J connectivity index is 1.84. The van der Waals surface area contributed by atoms with Crippen molar-refractivity contribution in [1.29, 1.82) is 0 Å². The molecule has 120 valence electrons. The van der Waals surface area contributed by atoms with E-state index in [0.717, 1.165) is 57.2 Å². The number of hydrogen-bond donors (Lipinski definition) is 1. The Kier molecular flexibility index (Phi) is 6.14. The second-order valence-electron chi connectivity index (χ2n) is 6.26. The van der Waals surface area contributed by atoms with Crippen molar-refractivity contribution in [3.8, 4) is 0 Å². The molecule has 1 N–H and O–H groups in total. The first kappa shape index (κ1) is 16.4. The van der Waals surface area contributed by atoms with Crippen LogP contribution in [-0.4, -0.2) is 72.3 Å². The summed E-state index contributed by atoms with van der Waals surface area (Å²) in [5, 5.41) is 7.59. The molecule has 2 atom stereocenters. The predicted molar refractivity (Wildman–Crippen MR) is 83.4 cm³/mol. The lowest BCUT2D eigenvalue weighted by Crippen LogP contribution is -2.50. The molecular formula is C15H29N5O. The molecule has 1 saturated heterocycles. The van der Waals surface area contributed by atoms with Crippen molar-refractivity contribution in [1.82, 2.24) is 25.3 Å². The Bertz CT molecular complexity index is 422. The first-order valence-corrected chi connectivity index (χ1v) is 8.02. The van der Waals surface area contributed by atoms with E-state index in [4.69, 9.17) is 4.52 Å². The van der Waals surface area contributed by atoms with Crippen molar-refractivity contribution in [2.24, 2.45) is 0 Å². The molecule has 1 aromatic heterocycles. The Hall–Kier alpha value is -0.980. The fourth-order valence-electron chi connectivity index (χ4n) is 2.71. The standard InChI is InChI=1S/C15H29N5O/c1-5-6-16-12(2)9-15-17-14(18-21-15)10-13-11-19(3)7-8-20(13)4/h12-13,16H,5-11H2,1-4H3. The molecule has 0 aliphatic carbocycles. The maximum Gasteiger partial charge on any atom is 0.228 e. The number of piperazine rings is 1. The van der Waals surface area contributed by atoms with Crippen LogP contribution in [0.4, 0.5) is 0 Å². The molecule has 6 nitrogen and oxygen atoms in total. The minimum Gasteiger partial charge on any atom is -0.339 e. The van der Waals surface area contributed by atoms with Crippen molar-refractivity contribution >= 4 is 0 Å². The third kappa shape index (κ3) is 5.05. The summed E-state index contributed by atoms with van der Waals surface area (Å²) in [6, 6.07) is 0.853. The smallest absolute Gasteiger partial charge is 0.228 e. The van der Waals surface area contributed by atoms with E-state index in [1.807, 2.05) is 0 Å². The number of nitrogens with zero attached hydrogens (tertiary/aromatic N) is 4. The molecule has 0 aromatic carbocycles. The van der Waals surface area contributed by atoms with Crippen molar-refractivity contribution in [3.05, 3.63) is 11.7 Å². The highest BCUT2D eigenvalue weighted by Gasteiger charge is 2.24. The second kappa shape index (κ2) is 7.87. The zero-order chi connectivity index (χ0) is 15.2. The highest BCUT2D eigenvalue weighted by atomic mass is 16.5. The molecule has 21 heavy (non-hydrogen) atoms. The quantitative estimate of drug-likeness (QED) is 0.802. The van der Waals surface area contributed by atoms with Crippen molar-refractivity contribution in [2.45, 2.75) is 45.2 Å². The Morgan fingerprint density at radius 3 is 2.95 bits per heavy atom. The van der Waals surface area contributed by atoms with Crippen molar-refractivity contribution in [3.63, 3.8) is 0 Å². The lowest BCUT2D eigenvalue weighted by molar-refractivity contribution is 0.113. The molecule has 0 spiro atoms. The van der Waals surface area contributed by atoms with Crippen LogP contribution in [0.15, 0.2) is 4.52 Å². The number of hydrogen-bond acceptors (Lipinski definition) is 6. The summed E-state index contributed by atoms with van der Waals surface area (Å²) < 4.78 is 5.39. The molecule has 2 heterocycles. The van der Waals surface area contributed by atoms with Gasteiger partial charge in [0.25, 0.3) is 0 Å². The van der Waals surface area contributed by atoms with Gasteiger partial charge in [-0.25, -0.2) is 0 Å². The Labute approximate surface area is 127 Å². The third-order valence-corrected chi connectivity index (χ3v) is 4.13. The first-order chi connectivity index (χ1) is 10.1. The van der Waals surface area contributed by atoms with Gasteiger partial charge in [0.15, 0.2) is 5.82 Å². The Morgan fingerprint density at radius 1 is 1.38 bits per heavy atom. The summed E-state index contributed by atoms with van der Waals surface area (Å²) in [6.07, 6.45) is 2.80. The predicted octanol–water partition coefficient (Wildman–Crippen LogP) is 0.789. The normalized spacial score (nSPS) is 22.6. The largest absolute Gasteiger partial charge is 0.339 e. The maximum atomic E-state index is 5.39. The second-order valence-corrected chi connectivity index (χ2v) is 6.26. The zero-order valence-electron chi connectivity index (χ0n) is 13.8. The van der Waals surface area contributed by atoms with E-state index < -0.39 is 0 Å². The van der Waals surface area contributed by atoms with E-state index in [-0.39, 0.29) is 0 Å². The van der Waals surface area contributed by atoms with Crippen LogP contribution in [0.25, 0.3) is 0 Å². The molecule has 0 radical (unpaired) electrons. The van der Waals surface area contributed by atoms with Gasteiger partial charge in [-0.05, 0) is 34.0 Å². The number of nitrogens with one attached hydrogen (secondary N) is 1. The molecule has 0 bridgehead atoms. The van der Waals surface area contributed by atoms with Gasteiger partial charge < -0.3 is 19.6 Å². The third-order valence-electron chi connectivity index (χ3n) is 4.13. The molecule has 0 saturated carbocycles. The van der Waals surface area contributed by atoms with Crippen LogP contribution in [0.1, 0.15) is 32.0 Å². The first-order valence-electron chi connectivity index (χ1n) is 8.02. The minimum atomic E-state index is 0.377. The van der Waals surface area contributed by atoms with Gasteiger partial charge in [0.05, 0.1) is 0 Å². The monoisotopic (exact) mass is 295 g/mol. The van der Waals surface area contributed by atoms with Gasteiger partial charge in [-0.15, -0.1) is 0 Å². The van der Waals surface area contributed by atoms with E-state index in [1.165, 1.54) is 0 Å².